The van der Waals surface area contributed by atoms with Crippen LogP contribution in [0.1, 0.15) is 0 Å². The van der Waals surface area contributed by atoms with Gasteiger partial charge in [-0.15, -0.1) is 0 Å². The highest BCUT2D eigenvalue weighted by molar-refractivity contribution is 6.33. The third kappa shape index (κ3) is 3.39. The van der Waals surface area contributed by atoms with E-state index in [-0.39, 0.29) is 17.3 Å². The van der Waals surface area contributed by atoms with E-state index in [0.29, 0.717) is 0 Å². The fourth-order valence-corrected chi connectivity index (χ4v) is 1.25. The van der Waals surface area contributed by atoms with Gasteiger partial charge in [0.2, 0.25) is 5.91 Å². The Hall–Kier alpha value is -1.82. The number of rotatable bonds is 3. The predicted molar refractivity (Wildman–Crippen MR) is 57.6 cm³/mol. The number of primary amides is 1. The molecule has 0 saturated heterocycles. The number of carbonyl (C=O) groups excluding carboxylic acids is 2. The van der Waals surface area contributed by atoms with Crippen LogP contribution in [-0.4, -0.2) is 18.5 Å². The summed E-state index contributed by atoms with van der Waals surface area (Å²) in [4.78, 5) is 21.3. The number of imide groups is 1. The summed E-state index contributed by atoms with van der Waals surface area (Å²) < 4.78 is 13.2. The molecule has 16 heavy (non-hydrogen) atoms. The smallest absolute Gasteiger partial charge is 0.318 e. The first-order chi connectivity index (χ1) is 7.50. The molecule has 1 aromatic carbocycles. The molecule has 0 bridgehead atoms. The molecular formula is C9H9ClFN3O2. The van der Waals surface area contributed by atoms with Gasteiger partial charge in [-0.25, -0.2) is 9.18 Å². The number of benzene rings is 1. The van der Waals surface area contributed by atoms with Gasteiger partial charge >= 0.3 is 6.03 Å². The summed E-state index contributed by atoms with van der Waals surface area (Å²) in [5.41, 5.74) is 4.73. The number of amides is 3. The molecule has 7 heteroatoms. The maximum absolute atomic E-state index is 13.2. The molecule has 0 saturated carbocycles. The van der Waals surface area contributed by atoms with Gasteiger partial charge in [-0.1, -0.05) is 17.7 Å². The summed E-state index contributed by atoms with van der Waals surface area (Å²) in [5.74, 6) is -1.26. The summed E-state index contributed by atoms with van der Waals surface area (Å²) >= 11 is 5.69. The lowest BCUT2D eigenvalue weighted by Crippen LogP contribution is -2.38. The number of para-hydroxylation sites is 1. The van der Waals surface area contributed by atoms with Crippen molar-refractivity contribution in [2.45, 2.75) is 0 Å². The highest BCUT2D eigenvalue weighted by atomic mass is 35.5. The summed E-state index contributed by atoms with van der Waals surface area (Å²) in [5, 5.41) is 4.43. The SMILES string of the molecule is NC(=O)NC(=O)CNc1c(F)cccc1Cl. The molecule has 0 aliphatic carbocycles. The van der Waals surface area contributed by atoms with Gasteiger partial charge in [-0.3, -0.25) is 10.1 Å². The number of anilines is 1. The molecule has 0 atom stereocenters. The molecule has 0 unspecified atom stereocenters. The van der Waals surface area contributed by atoms with Crippen LogP contribution in [0.25, 0.3) is 0 Å². The lowest BCUT2D eigenvalue weighted by Gasteiger charge is -2.08. The van der Waals surface area contributed by atoms with E-state index in [1.54, 1.807) is 0 Å². The third-order valence-electron chi connectivity index (χ3n) is 1.65. The van der Waals surface area contributed by atoms with Crippen LogP contribution >= 0.6 is 11.6 Å². The maximum Gasteiger partial charge on any atom is 0.318 e. The molecule has 0 heterocycles. The summed E-state index contributed by atoms with van der Waals surface area (Å²) in [6.45, 7) is -0.302. The molecule has 0 aliphatic rings. The van der Waals surface area contributed by atoms with Crippen LogP contribution in [0.5, 0.6) is 0 Å². The summed E-state index contributed by atoms with van der Waals surface area (Å²) in [6.07, 6.45) is 0. The summed E-state index contributed by atoms with van der Waals surface area (Å²) in [6, 6.07) is 3.14. The Morgan fingerprint density at radius 1 is 1.44 bits per heavy atom. The average molecular weight is 246 g/mol. The molecule has 0 fully saturated rings. The first-order valence-electron chi connectivity index (χ1n) is 4.28. The van der Waals surface area contributed by atoms with Crippen LogP contribution in [0.4, 0.5) is 14.9 Å². The quantitative estimate of drug-likeness (QED) is 0.745. The zero-order valence-electron chi connectivity index (χ0n) is 8.09. The van der Waals surface area contributed by atoms with Crippen molar-refractivity contribution in [3.05, 3.63) is 29.0 Å². The molecular weight excluding hydrogens is 237 g/mol. The van der Waals surface area contributed by atoms with Crippen LogP contribution in [0.2, 0.25) is 5.02 Å². The van der Waals surface area contributed by atoms with Gasteiger partial charge in [0.1, 0.15) is 5.82 Å². The van der Waals surface area contributed by atoms with E-state index >= 15 is 0 Å². The molecule has 3 amide bonds. The second kappa shape index (κ2) is 5.32. The van der Waals surface area contributed by atoms with Crippen molar-refractivity contribution in [1.29, 1.82) is 0 Å². The van der Waals surface area contributed by atoms with Gasteiger partial charge in [0.05, 0.1) is 17.3 Å². The van der Waals surface area contributed by atoms with Crippen molar-refractivity contribution >= 4 is 29.2 Å². The van der Waals surface area contributed by atoms with Gasteiger partial charge in [-0.2, -0.15) is 0 Å². The third-order valence-corrected chi connectivity index (χ3v) is 1.97. The minimum atomic E-state index is -0.966. The standard InChI is InChI=1S/C9H9ClFN3O2/c10-5-2-1-3-6(11)8(5)13-4-7(15)14-9(12)16/h1-3,13H,4H2,(H3,12,14,15,16). The number of hydrogen-bond donors (Lipinski definition) is 3. The van der Waals surface area contributed by atoms with Crippen molar-refractivity contribution in [3.63, 3.8) is 0 Å². The number of hydrogen-bond acceptors (Lipinski definition) is 3. The highest BCUT2D eigenvalue weighted by Gasteiger charge is 2.09. The highest BCUT2D eigenvalue weighted by Crippen LogP contribution is 2.23. The molecule has 0 spiro atoms. The van der Waals surface area contributed by atoms with Gasteiger partial charge in [0.25, 0.3) is 0 Å². The Kier molecular flexibility index (Phi) is 4.07. The lowest BCUT2D eigenvalue weighted by atomic mass is 10.3. The van der Waals surface area contributed by atoms with E-state index in [1.807, 2.05) is 5.32 Å². The van der Waals surface area contributed by atoms with Crippen molar-refractivity contribution in [2.75, 3.05) is 11.9 Å². The van der Waals surface area contributed by atoms with Crippen molar-refractivity contribution in [1.82, 2.24) is 5.32 Å². The first-order valence-corrected chi connectivity index (χ1v) is 4.65. The second-order valence-electron chi connectivity index (χ2n) is 2.86. The molecule has 0 radical (unpaired) electrons. The Balaban J connectivity index is 2.61. The fourth-order valence-electron chi connectivity index (χ4n) is 1.02. The van der Waals surface area contributed by atoms with Gasteiger partial charge in [0.15, 0.2) is 0 Å². The van der Waals surface area contributed by atoms with E-state index < -0.39 is 17.8 Å². The second-order valence-corrected chi connectivity index (χ2v) is 3.27. The van der Waals surface area contributed by atoms with Crippen LogP contribution < -0.4 is 16.4 Å². The normalized spacial score (nSPS) is 9.62. The van der Waals surface area contributed by atoms with Crippen LogP contribution in [0, 0.1) is 5.82 Å². The van der Waals surface area contributed by atoms with Crippen LogP contribution in [-0.2, 0) is 4.79 Å². The zero-order valence-corrected chi connectivity index (χ0v) is 8.84. The average Bonchev–Trinajstić information content (AvgIpc) is 2.15. The van der Waals surface area contributed by atoms with Crippen LogP contribution in [0.3, 0.4) is 0 Å². The Morgan fingerprint density at radius 2 is 2.12 bits per heavy atom. The minimum absolute atomic E-state index is 0.00351. The fraction of sp³-hybridized carbons (Fsp3) is 0.111. The molecule has 5 nitrogen and oxygen atoms in total. The van der Waals surface area contributed by atoms with E-state index in [0.717, 1.165) is 0 Å². The van der Waals surface area contributed by atoms with Crippen molar-refractivity contribution in [2.24, 2.45) is 5.73 Å². The monoisotopic (exact) mass is 245 g/mol. The largest absolute Gasteiger partial charge is 0.373 e. The van der Waals surface area contributed by atoms with E-state index in [2.05, 4.69) is 5.32 Å². The van der Waals surface area contributed by atoms with E-state index in [4.69, 9.17) is 17.3 Å². The van der Waals surface area contributed by atoms with E-state index in [9.17, 15) is 14.0 Å². The number of halogens is 2. The number of carbonyl (C=O) groups is 2. The number of nitrogens with one attached hydrogen (secondary N) is 2. The first kappa shape index (κ1) is 12.3. The Morgan fingerprint density at radius 3 is 2.69 bits per heavy atom. The van der Waals surface area contributed by atoms with Gasteiger partial charge < -0.3 is 11.1 Å². The molecule has 1 aromatic rings. The molecule has 0 aromatic heterocycles. The minimum Gasteiger partial charge on any atom is -0.373 e. The molecule has 0 aliphatic heterocycles. The lowest BCUT2D eigenvalue weighted by molar-refractivity contribution is -0.118. The van der Waals surface area contributed by atoms with Crippen molar-refractivity contribution < 1.29 is 14.0 Å². The topological polar surface area (TPSA) is 84.2 Å². The molecule has 4 N–H and O–H groups in total. The molecule has 1 rings (SSSR count). The number of nitrogens with two attached hydrogens (primary N) is 1. The zero-order chi connectivity index (χ0) is 12.1. The Labute approximate surface area is 95.8 Å². The Bertz CT molecular complexity index is 405. The van der Waals surface area contributed by atoms with E-state index in [1.165, 1.54) is 18.2 Å². The van der Waals surface area contributed by atoms with Crippen LogP contribution in [0.15, 0.2) is 18.2 Å². The molecule has 86 valence electrons. The number of urea groups is 1. The predicted octanol–water partition coefficient (Wildman–Crippen LogP) is 1.09. The maximum atomic E-state index is 13.2. The van der Waals surface area contributed by atoms with Gasteiger partial charge in [0, 0.05) is 0 Å². The summed E-state index contributed by atoms with van der Waals surface area (Å²) in [7, 11) is 0. The van der Waals surface area contributed by atoms with Crippen molar-refractivity contribution in [3.8, 4) is 0 Å². The van der Waals surface area contributed by atoms with Gasteiger partial charge in [-0.05, 0) is 12.1 Å².